The number of non-ortho nitro benzene ring substituents is 2. The second-order valence-electron chi connectivity index (χ2n) is 21.4. The molecule has 0 spiro atoms. The minimum atomic E-state index is -0.570. The number of fused-ring (bicyclic) bond motifs is 4. The standard InChI is InChI=1S/C14H13ClN4O4.C14H15ClN4O2.C14H14ClN3O2.C8H10ClN3O2.C6H4FNO2.C4H9NO2.Na.H/c1-18-10(8-23-12-6-16-14(15)17-13(12)18)7-22-11-4-2-9(3-5-11)19(20)21;1-19-10(7-20-11-4-2-9(16)3-5-11)8-21-12-6-17-14(15)18-13(12)19;1-18-10(8-19-11-5-3-2-4-6-11)9-20-12-7-16-14(15)17-13(12)18;1-12-5(3-13)4-14-6-2-10-8(9)11-7(6)12;7-5-1-3-6(4-2-5)8(9)10;1-4(2,3)7-5-6;;/h2-6,10H,7-8H2,1H3;2-6,10H,7-8,16H2,1H3;2-7,10H,8-9H2,1H3;2,5,13H,3-4H2,1H3;1-4H;1-3H3;;/q;;;;;;+1;-1/t3*10-;5-;;;;/m0000..../s1. The van der Waals surface area contributed by atoms with Crippen LogP contribution in [0.2, 0.25) is 21.1 Å². The first-order valence-corrected chi connectivity index (χ1v) is 30.0. The number of hydrogen-bond donors (Lipinski definition) is 2. The number of nitro groups is 2. The molecular formula is C60H66Cl4FN16NaO14. The average molecular weight is 1420 g/mol. The Hall–Kier alpha value is -8.95. The summed E-state index contributed by atoms with van der Waals surface area (Å²) in [5, 5.41) is 32.7. The molecule has 4 aromatic carbocycles. The van der Waals surface area contributed by atoms with Crippen molar-refractivity contribution in [3.63, 3.8) is 0 Å². The Kier molecular flexibility index (Phi) is 29.2. The molecule has 0 bridgehead atoms. The van der Waals surface area contributed by atoms with Crippen molar-refractivity contribution in [1.82, 2.24) is 39.9 Å². The zero-order chi connectivity index (χ0) is 68.8. The van der Waals surface area contributed by atoms with Crippen molar-refractivity contribution in [3.05, 3.63) is 180 Å². The van der Waals surface area contributed by atoms with Crippen molar-refractivity contribution in [1.29, 1.82) is 0 Å². The summed E-state index contributed by atoms with van der Waals surface area (Å²) in [6.45, 7) is 8.52. The van der Waals surface area contributed by atoms with Gasteiger partial charge in [-0.1, -0.05) is 18.2 Å². The number of rotatable bonds is 13. The van der Waals surface area contributed by atoms with Gasteiger partial charge < -0.3 is 69.9 Å². The Morgan fingerprint density at radius 3 is 1.16 bits per heavy atom. The van der Waals surface area contributed by atoms with Crippen molar-refractivity contribution in [2.24, 2.45) is 5.34 Å². The smallest absolute Gasteiger partial charge is 1.00 e. The van der Waals surface area contributed by atoms with Crippen LogP contribution in [0.3, 0.4) is 0 Å². The van der Waals surface area contributed by atoms with Crippen LogP contribution < -0.4 is 88.0 Å². The maximum Gasteiger partial charge on any atom is 1.00 e. The molecule has 0 radical (unpaired) electrons. The third kappa shape index (κ3) is 22.9. The molecule has 8 aromatic rings. The molecule has 0 aliphatic carbocycles. The number of nitrogen functional groups attached to an aromatic ring is 1. The monoisotopic (exact) mass is 1420 g/mol. The number of aliphatic hydroxyl groups is 1. The van der Waals surface area contributed by atoms with Crippen LogP contribution in [0, 0.1) is 31.0 Å². The van der Waals surface area contributed by atoms with Gasteiger partial charge in [0.1, 0.15) is 74.9 Å². The Morgan fingerprint density at radius 1 is 0.552 bits per heavy atom. The predicted molar refractivity (Wildman–Crippen MR) is 354 cm³/mol. The summed E-state index contributed by atoms with van der Waals surface area (Å²) in [6, 6.07) is 27.2. The number of nitrogens with zero attached hydrogens (tertiary/aromatic N) is 15. The summed E-state index contributed by atoms with van der Waals surface area (Å²) in [7, 11) is 7.59. The number of aromatic nitrogens is 8. The molecule has 0 saturated heterocycles. The summed E-state index contributed by atoms with van der Waals surface area (Å²) in [5.41, 5.74) is 5.85. The maximum absolute atomic E-state index is 12.1. The van der Waals surface area contributed by atoms with Gasteiger partial charge in [-0.15, -0.1) is 4.91 Å². The van der Waals surface area contributed by atoms with E-state index in [0.717, 1.165) is 35.8 Å². The molecule has 30 nitrogen and oxygen atoms in total. The number of benzene rings is 4. The number of ether oxygens (including phenoxy) is 7. The number of likely N-dealkylation sites (N-methyl/N-ethyl adjacent to an activating group) is 4. The van der Waals surface area contributed by atoms with Crippen LogP contribution in [0.15, 0.2) is 133 Å². The van der Waals surface area contributed by atoms with Crippen LogP contribution in [0.5, 0.6) is 40.2 Å². The van der Waals surface area contributed by atoms with E-state index in [0.29, 0.717) is 104 Å². The molecule has 4 aliphatic heterocycles. The van der Waals surface area contributed by atoms with Crippen molar-refractivity contribution < 1.29 is 88.3 Å². The third-order valence-corrected chi connectivity index (χ3v) is 14.4. The summed E-state index contributed by atoms with van der Waals surface area (Å²) in [6.07, 6.45) is 6.25. The van der Waals surface area contributed by atoms with Crippen LogP contribution >= 0.6 is 46.4 Å². The molecule has 12 rings (SSSR count). The summed E-state index contributed by atoms with van der Waals surface area (Å²) in [5.74, 6) is 6.73. The van der Waals surface area contributed by atoms with Crippen molar-refractivity contribution in [2.75, 3.05) is 106 Å². The first-order chi connectivity index (χ1) is 45.4. The number of hydrogen-bond acceptors (Lipinski definition) is 28. The summed E-state index contributed by atoms with van der Waals surface area (Å²) in [4.78, 5) is 73.1. The molecule has 0 saturated carbocycles. The minimum Gasteiger partial charge on any atom is -1.00 e. The van der Waals surface area contributed by atoms with Crippen molar-refractivity contribution >= 4 is 86.7 Å². The van der Waals surface area contributed by atoms with Crippen LogP contribution in [0.1, 0.15) is 22.2 Å². The van der Waals surface area contributed by atoms with Gasteiger partial charge >= 0.3 is 29.6 Å². The van der Waals surface area contributed by atoms with E-state index in [-0.39, 0.29) is 94.3 Å². The fourth-order valence-corrected chi connectivity index (χ4v) is 8.83. The minimum absolute atomic E-state index is 0. The van der Waals surface area contributed by atoms with Crippen molar-refractivity contribution in [3.8, 4) is 40.2 Å². The first-order valence-electron chi connectivity index (χ1n) is 28.5. The van der Waals surface area contributed by atoms with E-state index in [9.17, 15) is 29.5 Å². The van der Waals surface area contributed by atoms with Crippen LogP contribution in [0.4, 0.5) is 44.7 Å². The van der Waals surface area contributed by atoms with E-state index < -0.39 is 21.3 Å². The molecule has 506 valence electrons. The van der Waals surface area contributed by atoms with Gasteiger partial charge in [-0.05, 0) is 128 Å². The number of para-hydroxylation sites is 1. The molecule has 8 heterocycles. The van der Waals surface area contributed by atoms with E-state index >= 15 is 0 Å². The molecule has 4 atom stereocenters. The summed E-state index contributed by atoms with van der Waals surface area (Å²) < 4.78 is 51.6. The first kappa shape index (κ1) is 76.1. The molecule has 36 heteroatoms. The fraction of sp³-hybridized carbons (Fsp3) is 0.333. The van der Waals surface area contributed by atoms with Gasteiger partial charge in [-0.3, -0.25) is 20.2 Å². The topological polar surface area (TPSA) is 352 Å². The Labute approximate surface area is 593 Å². The quantitative estimate of drug-likeness (QED) is 0.0284. The van der Waals surface area contributed by atoms with Crippen LogP contribution in [-0.2, 0) is 4.84 Å². The number of nitro benzene ring substituents is 2. The molecule has 4 aliphatic rings. The van der Waals surface area contributed by atoms with Crippen LogP contribution in [-0.4, -0.2) is 166 Å². The zero-order valence-corrected chi connectivity index (χ0v) is 58.0. The van der Waals surface area contributed by atoms with Gasteiger partial charge in [0.2, 0.25) is 21.1 Å². The molecule has 96 heavy (non-hydrogen) atoms. The van der Waals surface area contributed by atoms with E-state index in [4.69, 9.17) is 90.4 Å². The number of nitrogens with two attached hydrogens (primary N) is 1. The molecule has 0 unspecified atom stereocenters. The van der Waals surface area contributed by atoms with Gasteiger partial charge in [-0.2, -0.15) is 19.9 Å². The van der Waals surface area contributed by atoms with Gasteiger partial charge in [-0.25, -0.2) is 24.3 Å². The Balaban J connectivity index is 0.000000217. The Bertz CT molecular complexity index is 3810. The molecular weight excluding hydrogens is 1350 g/mol. The van der Waals surface area contributed by atoms with Crippen molar-refractivity contribution in [2.45, 2.75) is 50.5 Å². The summed E-state index contributed by atoms with van der Waals surface area (Å²) >= 11 is 23.1. The van der Waals surface area contributed by atoms with Crippen LogP contribution in [0.25, 0.3) is 0 Å². The molecule has 0 amide bonds. The third-order valence-electron chi connectivity index (χ3n) is 13.6. The number of anilines is 5. The second-order valence-corrected chi connectivity index (χ2v) is 22.7. The van der Waals surface area contributed by atoms with E-state index in [1.54, 1.807) is 57.4 Å². The van der Waals surface area contributed by atoms with Gasteiger partial charge in [0.25, 0.3) is 11.4 Å². The second kappa shape index (κ2) is 36.8. The SMILES string of the molecule is CC(C)(C)ON=O.CN1c2nc(Cl)ncc2OC[C@@H]1CO.CN1c2nc(Cl)ncc2OC[C@@H]1COc1ccc(N)cc1.CN1c2nc(Cl)ncc2OC[C@@H]1COc1ccc([N+](=O)[O-])cc1.CN1c2nc(Cl)ncc2OC[C@@H]1COc1ccccc1.O=[N+]([O-])c1ccc(F)cc1.[H-].[Na+]. The number of halogens is 5. The average Bonchev–Trinajstić information content (AvgIpc) is 0.845. The maximum atomic E-state index is 12.1. The largest absolute Gasteiger partial charge is 1.00 e. The fourth-order valence-electron chi connectivity index (χ4n) is 8.32. The normalized spacial score (nSPS) is 16.0. The van der Waals surface area contributed by atoms with E-state index in [1.165, 1.54) is 24.5 Å². The molecule has 3 N–H and O–H groups in total. The van der Waals surface area contributed by atoms with Gasteiger partial charge in [0.05, 0.1) is 65.4 Å². The van der Waals surface area contributed by atoms with Gasteiger partial charge in [0, 0.05) is 58.1 Å². The van der Waals surface area contributed by atoms with E-state index in [2.05, 4.69) is 50.0 Å². The molecule has 4 aromatic heterocycles. The Morgan fingerprint density at radius 2 is 0.854 bits per heavy atom. The number of aliphatic hydroxyl groups excluding tert-OH is 1. The van der Waals surface area contributed by atoms with E-state index in [1.807, 2.05) is 90.3 Å². The predicted octanol–water partition coefficient (Wildman–Crippen LogP) is 7.36. The zero-order valence-electron chi connectivity index (χ0n) is 54.0. The van der Waals surface area contributed by atoms with Gasteiger partial charge in [0.15, 0.2) is 51.6 Å². The molecule has 0 fully saturated rings.